The number of carbonyl (C=O) groups is 3. The topological polar surface area (TPSA) is 135 Å². The summed E-state index contributed by atoms with van der Waals surface area (Å²) in [5, 5.41) is 25.0. The predicted molar refractivity (Wildman–Crippen MR) is 171 cm³/mol. The zero-order valence-corrected chi connectivity index (χ0v) is 26.4. The van der Waals surface area contributed by atoms with Crippen molar-refractivity contribution in [1.29, 1.82) is 5.26 Å². The van der Waals surface area contributed by atoms with Crippen LogP contribution in [0.1, 0.15) is 56.0 Å². The number of aryl methyl sites for hydroxylation is 2. The number of nitrogens with one attached hydrogen (secondary N) is 2. The minimum atomic E-state index is -0.878. The Balaban J connectivity index is 1.36. The number of hydrogen-bond acceptors (Lipinski definition) is 7. The van der Waals surface area contributed by atoms with Crippen molar-refractivity contribution in [2.75, 3.05) is 6.54 Å². The molecule has 3 atom stereocenters. The second-order valence-electron chi connectivity index (χ2n) is 12.1. The molecular weight excluding hydrogens is 574 g/mol. The number of nitrogens with zero attached hydrogens (tertiary/aromatic N) is 3. The number of aromatic nitrogens is 1. The largest absolute Gasteiger partial charge is 0.391 e. The number of allylic oxidation sites excluding steroid dienone is 1. The Hall–Kier alpha value is -4.33. The Labute approximate surface area is 262 Å². The van der Waals surface area contributed by atoms with Gasteiger partial charge in [0.25, 0.3) is 0 Å². The van der Waals surface area contributed by atoms with Gasteiger partial charge in [0.05, 0.1) is 28.3 Å². The number of likely N-dealkylation sites (tertiary alicyclic amines) is 1. The van der Waals surface area contributed by atoms with E-state index < -0.39 is 23.6 Å². The highest BCUT2D eigenvalue weighted by Gasteiger charge is 2.44. The maximum absolute atomic E-state index is 13.8. The Bertz CT molecular complexity index is 1530. The summed E-state index contributed by atoms with van der Waals surface area (Å²) in [5.41, 5.74) is 5.98. The highest BCUT2D eigenvalue weighted by Crippen LogP contribution is 2.28. The molecule has 3 amide bonds. The van der Waals surface area contributed by atoms with Crippen molar-refractivity contribution in [3.8, 4) is 16.5 Å². The molecule has 2 heterocycles. The number of nitriles is 1. The fraction of sp³-hybridized carbons (Fsp3) is 0.382. The smallest absolute Gasteiger partial charge is 0.246 e. The lowest BCUT2D eigenvalue weighted by atomic mass is 9.85. The van der Waals surface area contributed by atoms with E-state index in [4.69, 9.17) is 5.26 Å². The van der Waals surface area contributed by atoms with E-state index in [9.17, 15) is 19.5 Å². The van der Waals surface area contributed by atoms with Gasteiger partial charge in [-0.15, -0.1) is 11.3 Å². The minimum absolute atomic E-state index is 0.0227. The molecule has 9 nitrogen and oxygen atoms in total. The number of aliphatic hydroxyl groups excluding tert-OH is 1. The lowest BCUT2D eigenvalue weighted by Crippen LogP contribution is -2.57. The molecule has 230 valence electrons. The molecule has 2 aromatic carbocycles. The average Bonchev–Trinajstić information content (AvgIpc) is 3.61. The van der Waals surface area contributed by atoms with Gasteiger partial charge in [0.1, 0.15) is 12.1 Å². The Morgan fingerprint density at radius 1 is 1.14 bits per heavy atom. The van der Waals surface area contributed by atoms with Crippen LogP contribution in [0, 0.1) is 23.7 Å². The van der Waals surface area contributed by atoms with Crippen LogP contribution in [0.2, 0.25) is 0 Å². The third-order valence-electron chi connectivity index (χ3n) is 7.68. The van der Waals surface area contributed by atoms with E-state index >= 15 is 0 Å². The number of amides is 3. The van der Waals surface area contributed by atoms with Crippen LogP contribution in [0.25, 0.3) is 16.5 Å². The molecule has 0 saturated carbocycles. The number of benzene rings is 2. The van der Waals surface area contributed by atoms with Gasteiger partial charge in [0.2, 0.25) is 17.7 Å². The summed E-state index contributed by atoms with van der Waals surface area (Å²) in [4.78, 5) is 46.9. The lowest BCUT2D eigenvalue weighted by Gasteiger charge is -2.35. The first-order chi connectivity index (χ1) is 21.0. The van der Waals surface area contributed by atoms with Crippen LogP contribution in [0.5, 0.6) is 0 Å². The molecule has 3 aromatic rings. The SMILES string of the molecule is Cc1ncsc1-c1ccc(CNC(=O)[C@@H]2C[C@@H](O)CN2C(=O)[C@@H](NC(=O)CCc2ccc(/C=C/C#N)cc2)C(C)(C)C)cc1. The number of thiazole rings is 1. The van der Waals surface area contributed by atoms with Crippen LogP contribution in [-0.2, 0) is 27.3 Å². The quantitative estimate of drug-likeness (QED) is 0.290. The molecule has 10 heteroatoms. The van der Waals surface area contributed by atoms with Gasteiger partial charge in [-0.3, -0.25) is 14.4 Å². The second-order valence-corrected chi connectivity index (χ2v) is 13.0. The summed E-state index contributed by atoms with van der Waals surface area (Å²) in [7, 11) is 0. The summed E-state index contributed by atoms with van der Waals surface area (Å²) < 4.78 is 0. The number of β-amino-alcohol motifs (C(OH)–C–C–N with tert-alkyl or cyclic N) is 1. The zero-order valence-electron chi connectivity index (χ0n) is 25.5. The minimum Gasteiger partial charge on any atom is -0.391 e. The molecule has 1 aliphatic rings. The molecule has 3 N–H and O–H groups in total. The lowest BCUT2D eigenvalue weighted by molar-refractivity contribution is -0.144. The van der Waals surface area contributed by atoms with Crippen molar-refractivity contribution in [3.05, 3.63) is 82.5 Å². The van der Waals surface area contributed by atoms with E-state index in [1.807, 2.05) is 87.8 Å². The molecule has 0 spiro atoms. The first kappa shape index (κ1) is 32.6. The molecule has 1 aliphatic heterocycles. The Morgan fingerprint density at radius 3 is 2.43 bits per heavy atom. The third-order valence-corrected chi connectivity index (χ3v) is 8.66. The molecule has 44 heavy (non-hydrogen) atoms. The number of hydrogen-bond donors (Lipinski definition) is 3. The van der Waals surface area contributed by atoms with E-state index in [-0.39, 0.29) is 43.7 Å². The summed E-state index contributed by atoms with van der Waals surface area (Å²) in [6, 6.07) is 15.7. The van der Waals surface area contributed by atoms with Gasteiger partial charge in [-0.2, -0.15) is 5.26 Å². The van der Waals surface area contributed by atoms with E-state index in [0.717, 1.165) is 32.8 Å². The maximum atomic E-state index is 13.8. The number of aliphatic hydroxyl groups is 1. The van der Waals surface area contributed by atoms with Crippen LogP contribution >= 0.6 is 11.3 Å². The maximum Gasteiger partial charge on any atom is 0.246 e. The molecule has 0 unspecified atom stereocenters. The van der Waals surface area contributed by atoms with E-state index in [0.29, 0.717) is 6.42 Å². The number of rotatable bonds is 10. The standard InChI is InChI=1S/C34H39N5O4S/c1-22-30(44-21-37-22)26-14-11-25(12-15-26)19-36-32(42)28-18-27(40)20-39(28)33(43)31(34(2,3)4)38-29(41)16-13-24-9-7-23(8-10-24)6-5-17-35/h5-12,14-15,21,27-28,31,40H,13,16,18-20H2,1-4H3,(H,36,42)(H,38,41)/b6-5+/t27-,28+,31-/m1/s1. The van der Waals surface area contributed by atoms with Gasteiger partial charge in [-0.25, -0.2) is 4.98 Å². The molecule has 1 aromatic heterocycles. The third kappa shape index (κ3) is 8.40. The van der Waals surface area contributed by atoms with Crippen molar-refractivity contribution < 1.29 is 19.5 Å². The monoisotopic (exact) mass is 613 g/mol. The van der Waals surface area contributed by atoms with Crippen molar-refractivity contribution in [2.45, 2.75) is 71.7 Å². The first-order valence-electron chi connectivity index (χ1n) is 14.7. The van der Waals surface area contributed by atoms with E-state index in [1.165, 1.54) is 11.0 Å². The Morgan fingerprint density at radius 2 is 1.82 bits per heavy atom. The fourth-order valence-corrected chi connectivity index (χ4v) is 6.01. The van der Waals surface area contributed by atoms with Crippen LogP contribution in [0.3, 0.4) is 0 Å². The van der Waals surface area contributed by atoms with Crippen LogP contribution in [0.15, 0.2) is 60.1 Å². The molecule has 4 rings (SSSR count). The molecule has 0 aliphatic carbocycles. The van der Waals surface area contributed by atoms with E-state index in [2.05, 4.69) is 15.6 Å². The number of carbonyl (C=O) groups excluding carboxylic acids is 3. The van der Waals surface area contributed by atoms with Crippen LogP contribution in [0.4, 0.5) is 0 Å². The molecule has 1 saturated heterocycles. The predicted octanol–water partition coefficient (Wildman–Crippen LogP) is 4.40. The summed E-state index contributed by atoms with van der Waals surface area (Å²) in [6.45, 7) is 7.86. The second kappa shape index (κ2) is 14.4. The van der Waals surface area contributed by atoms with Gasteiger partial charge in [0.15, 0.2) is 0 Å². The van der Waals surface area contributed by atoms with Gasteiger partial charge in [0, 0.05) is 32.0 Å². The average molecular weight is 614 g/mol. The van der Waals surface area contributed by atoms with Crippen LogP contribution < -0.4 is 10.6 Å². The van der Waals surface area contributed by atoms with Gasteiger partial charge < -0.3 is 20.6 Å². The van der Waals surface area contributed by atoms with Gasteiger partial charge in [-0.1, -0.05) is 69.3 Å². The summed E-state index contributed by atoms with van der Waals surface area (Å²) in [6.07, 6.45) is 3.08. The summed E-state index contributed by atoms with van der Waals surface area (Å²) in [5.74, 6) is -1.01. The van der Waals surface area contributed by atoms with E-state index in [1.54, 1.807) is 17.4 Å². The fourth-order valence-electron chi connectivity index (χ4n) is 5.20. The van der Waals surface area contributed by atoms with Gasteiger partial charge in [-0.05, 0) is 47.1 Å². The van der Waals surface area contributed by atoms with Crippen molar-refractivity contribution in [3.63, 3.8) is 0 Å². The molecule has 0 bridgehead atoms. The van der Waals surface area contributed by atoms with Crippen molar-refractivity contribution >= 4 is 35.1 Å². The summed E-state index contributed by atoms with van der Waals surface area (Å²) >= 11 is 1.58. The highest BCUT2D eigenvalue weighted by molar-refractivity contribution is 7.13. The van der Waals surface area contributed by atoms with Crippen LogP contribution in [-0.4, -0.2) is 57.4 Å². The molecule has 1 fully saturated rings. The zero-order chi connectivity index (χ0) is 31.9. The van der Waals surface area contributed by atoms with Crippen molar-refractivity contribution in [1.82, 2.24) is 20.5 Å². The molecule has 0 radical (unpaired) electrons. The molecular formula is C34H39N5O4S. The Kier molecular flexibility index (Phi) is 10.7. The van der Waals surface area contributed by atoms with Gasteiger partial charge >= 0.3 is 0 Å². The normalized spacial score (nSPS) is 17.3. The van der Waals surface area contributed by atoms with Crippen molar-refractivity contribution in [2.24, 2.45) is 5.41 Å². The highest BCUT2D eigenvalue weighted by atomic mass is 32.1. The first-order valence-corrected chi connectivity index (χ1v) is 15.5.